The Kier molecular flexibility index (Phi) is 4.34. The Hall–Kier alpha value is -0.900. The van der Waals surface area contributed by atoms with Crippen LogP contribution in [-0.2, 0) is 16.1 Å². The lowest BCUT2D eigenvalue weighted by Crippen LogP contribution is -2.45. The van der Waals surface area contributed by atoms with Crippen LogP contribution >= 0.6 is 0 Å². The molecule has 2 rings (SSSR count). The summed E-state index contributed by atoms with van der Waals surface area (Å²) in [5.41, 5.74) is 1.21. The first-order chi connectivity index (χ1) is 7.84. The van der Waals surface area contributed by atoms with Crippen molar-refractivity contribution < 1.29 is 9.47 Å². The van der Waals surface area contributed by atoms with Gasteiger partial charge in [-0.05, 0) is 12.5 Å². The highest BCUT2D eigenvalue weighted by molar-refractivity contribution is 5.13. The molecule has 1 aromatic rings. The van der Waals surface area contributed by atoms with E-state index < -0.39 is 0 Å². The molecule has 1 aromatic carbocycles. The Morgan fingerprint density at radius 3 is 2.88 bits per heavy atom. The molecule has 1 aliphatic rings. The Morgan fingerprint density at radius 1 is 1.31 bits per heavy atom. The van der Waals surface area contributed by atoms with Gasteiger partial charge in [-0.3, -0.25) is 0 Å². The molecule has 0 aliphatic carbocycles. The minimum absolute atomic E-state index is 0.187. The van der Waals surface area contributed by atoms with E-state index in [9.17, 15) is 0 Å². The van der Waals surface area contributed by atoms with Crippen molar-refractivity contribution in [3.05, 3.63) is 35.9 Å². The summed E-state index contributed by atoms with van der Waals surface area (Å²) in [6.07, 6.45) is 0.478. The molecule has 3 nitrogen and oxygen atoms in total. The highest BCUT2D eigenvalue weighted by Crippen LogP contribution is 2.06. The van der Waals surface area contributed by atoms with Crippen molar-refractivity contribution in [1.82, 2.24) is 5.32 Å². The van der Waals surface area contributed by atoms with E-state index in [0.717, 1.165) is 13.1 Å². The molecule has 1 unspecified atom stereocenters. The average Bonchev–Trinajstić information content (AvgIpc) is 2.30. The second-order valence-corrected chi connectivity index (χ2v) is 4.23. The number of ether oxygens (including phenoxy) is 2. The highest BCUT2D eigenvalue weighted by Gasteiger charge is 2.18. The number of nitrogens with one attached hydrogen (secondary N) is 1. The van der Waals surface area contributed by atoms with E-state index in [-0.39, 0.29) is 6.10 Å². The molecule has 2 atom stereocenters. The first kappa shape index (κ1) is 11.6. The first-order valence-corrected chi connectivity index (χ1v) is 5.82. The van der Waals surface area contributed by atoms with Gasteiger partial charge in [-0.2, -0.15) is 0 Å². The zero-order valence-corrected chi connectivity index (χ0v) is 9.69. The van der Waals surface area contributed by atoms with E-state index >= 15 is 0 Å². The van der Waals surface area contributed by atoms with Gasteiger partial charge in [0.05, 0.1) is 25.4 Å². The zero-order chi connectivity index (χ0) is 11.2. The van der Waals surface area contributed by atoms with Crippen molar-refractivity contribution in [1.29, 1.82) is 0 Å². The third-order valence-corrected chi connectivity index (χ3v) is 2.64. The quantitative estimate of drug-likeness (QED) is 0.837. The minimum Gasteiger partial charge on any atom is -0.374 e. The van der Waals surface area contributed by atoms with Gasteiger partial charge in [-0.15, -0.1) is 0 Å². The lowest BCUT2D eigenvalue weighted by atomic mass is 10.2. The summed E-state index contributed by atoms with van der Waals surface area (Å²) in [5, 5.41) is 3.33. The molecule has 1 fully saturated rings. The summed E-state index contributed by atoms with van der Waals surface area (Å²) < 4.78 is 11.4. The van der Waals surface area contributed by atoms with Crippen LogP contribution in [0.15, 0.2) is 30.3 Å². The smallest absolute Gasteiger partial charge is 0.0936 e. The van der Waals surface area contributed by atoms with E-state index in [0.29, 0.717) is 19.3 Å². The average molecular weight is 221 g/mol. The summed E-state index contributed by atoms with van der Waals surface area (Å²) in [4.78, 5) is 0. The molecule has 88 valence electrons. The van der Waals surface area contributed by atoms with Gasteiger partial charge < -0.3 is 14.8 Å². The maximum absolute atomic E-state index is 5.74. The predicted octanol–water partition coefficient (Wildman–Crippen LogP) is 1.58. The molecule has 0 bridgehead atoms. The second kappa shape index (κ2) is 5.99. The number of hydrogen-bond acceptors (Lipinski definition) is 3. The topological polar surface area (TPSA) is 30.5 Å². The molecule has 1 aliphatic heterocycles. The summed E-state index contributed by atoms with van der Waals surface area (Å²) in [6, 6.07) is 10.2. The summed E-state index contributed by atoms with van der Waals surface area (Å²) >= 11 is 0. The molecule has 1 heterocycles. The lowest BCUT2D eigenvalue weighted by Gasteiger charge is -2.28. The molecule has 0 aromatic heterocycles. The summed E-state index contributed by atoms with van der Waals surface area (Å²) in [6.45, 7) is 5.23. The van der Waals surface area contributed by atoms with Crippen LogP contribution in [0.2, 0.25) is 0 Å². The Bertz CT molecular complexity index is 302. The van der Waals surface area contributed by atoms with Crippen molar-refractivity contribution in [2.75, 3.05) is 19.7 Å². The van der Waals surface area contributed by atoms with Gasteiger partial charge in [0.25, 0.3) is 0 Å². The molecule has 16 heavy (non-hydrogen) atoms. The molecule has 3 heteroatoms. The van der Waals surface area contributed by atoms with Gasteiger partial charge in [0.1, 0.15) is 0 Å². The van der Waals surface area contributed by atoms with Gasteiger partial charge >= 0.3 is 0 Å². The number of morpholine rings is 1. The molecule has 1 saturated heterocycles. The normalized spacial score (nSPS) is 25.6. The highest BCUT2D eigenvalue weighted by atomic mass is 16.5. The van der Waals surface area contributed by atoms with Crippen molar-refractivity contribution >= 4 is 0 Å². The molecule has 0 saturated carbocycles. The number of hydrogen-bond donors (Lipinski definition) is 1. The fraction of sp³-hybridized carbons (Fsp3) is 0.538. The first-order valence-electron chi connectivity index (χ1n) is 5.82. The van der Waals surface area contributed by atoms with Crippen LogP contribution in [0.4, 0.5) is 0 Å². The van der Waals surface area contributed by atoms with Gasteiger partial charge in [-0.25, -0.2) is 0 Å². The number of benzene rings is 1. The van der Waals surface area contributed by atoms with Crippen LogP contribution in [0.3, 0.4) is 0 Å². The predicted molar refractivity (Wildman–Crippen MR) is 63.3 cm³/mol. The van der Waals surface area contributed by atoms with Gasteiger partial charge in [-0.1, -0.05) is 30.3 Å². The summed E-state index contributed by atoms with van der Waals surface area (Å²) in [7, 11) is 0. The van der Waals surface area contributed by atoms with E-state index in [1.54, 1.807) is 0 Å². The molecule has 0 spiro atoms. The Labute approximate surface area is 96.8 Å². The Morgan fingerprint density at radius 2 is 2.12 bits per heavy atom. The van der Waals surface area contributed by atoms with Crippen molar-refractivity contribution in [3.63, 3.8) is 0 Å². The summed E-state index contributed by atoms with van der Waals surface area (Å²) in [5.74, 6) is 0. The molecule has 0 amide bonds. The maximum atomic E-state index is 5.74. The maximum Gasteiger partial charge on any atom is 0.0936 e. The van der Waals surface area contributed by atoms with Crippen molar-refractivity contribution in [3.8, 4) is 0 Å². The van der Waals surface area contributed by atoms with Crippen LogP contribution in [0.5, 0.6) is 0 Å². The lowest BCUT2D eigenvalue weighted by molar-refractivity contribution is -0.0716. The van der Waals surface area contributed by atoms with Crippen LogP contribution < -0.4 is 5.32 Å². The third-order valence-electron chi connectivity index (χ3n) is 2.64. The molecule has 1 N–H and O–H groups in total. The van der Waals surface area contributed by atoms with E-state index in [4.69, 9.17) is 9.47 Å². The monoisotopic (exact) mass is 221 g/mol. The van der Waals surface area contributed by atoms with Crippen LogP contribution in [0.1, 0.15) is 12.5 Å². The largest absolute Gasteiger partial charge is 0.374 e. The van der Waals surface area contributed by atoms with Crippen LogP contribution in [-0.4, -0.2) is 31.9 Å². The third kappa shape index (κ3) is 3.59. The fourth-order valence-electron chi connectivity index (χ4n) is 1.85. The van der Waals surface area contributed by atoms with Gasteiger partial charge in [0.15, 0.2) is 0 Å². The van der Waals surface area contributed by atoms with E-state index in [1.165, 1.54) is 5.56 Å². The number of rotatable bonds is 4. The molecule has 0 radical (unpaired) electrons. The van der Waals surface area contributed by atoms with Gasteiger partial charge in [0.2, 0.25) is 0 Å². The van der Waals surface area contributed by atoms with Gasteiger partial charge in [0, 0.05) is 13.1 Å². The molecular formula is C13H19NO2. The fourth-order valence-corrected chi connectivity index (χ4v) is 1.85. The van der Waals surface area contributed by atoms with Crippen molar-refractivity contribution in [2.24, 2.45) is 0 Å². The standard InChI is InChI=1S/C13H19NO2/c1-11-7-14-8-13(16-11)10-15-9-12-5-3-2-4-6-12/h2-6,11,13-14H,7-10H2,1H3/t11?,13-/m1/s1. The van der Waals surface area contributed by atoms with Crippen LogP contribution in [0, 0.1) is 0 Å². The van der Waals surface area contributed by atoms with Crippen LogP contribution in [0.25, 0.3) is 0 Å². The minimum atomic E-state index is 0.187. The Balaban J connectivity index is 1.68. The zero-order valence-electron chi connectivity index (χ0n) is 9.69. The van der Waals surface area contributed by atoms with E-state index in [1.807, 2.05) is 18.2 Å². The van der Waals surface area contributed by atoms with E-state index in [2.05, 4.69) is 24.4 Å². The SMILES string of the molecule is CC1CNC[C@H](COCc2ccccc2)O1. The van der Waals surface area contributed by atoms with Crippen molar-refractivity contribution in [2.45, 2.75) is 25.7 Å². The molecular weight excluding hydrogens is 202 g/mol. The second-order valence-electron chi connectivity index (χ2n) is 4.23.